The van der Waals surface area contributed by atoms with E-state index in [1.54, 1.807) is 23.5 Å². The minimum atomic E-state index is 0.0389. The lowest BCUT2D eigenvalue weighted by Gasteiger charge is -2.25. The normalized spacial score (nSPS) is 15.5. The Kier molecular flexibility index (Phi) is 4.12. The molecule has 0 atom stereocenters. The maximum absolute atomic E-state index is 12.0. The Bertz CT molecular complexity index is 611. The van der Waals surface area contributed by atoms with Gasteiger partial charge in [-0.05, 0) is 23.8 Å². The van der Waals surface area contributed by atoms with Crippen LogP contribution in [0.25, 0.3) is 11.8 Å². The Morgan fingerprint density at radius 2 is 1.95 bits per heavy atom. The predicted molar refractivity (Wildman–Crippen MR) is 80.0 cm³/mol. The lowest BCUT2D eigenvalue weighted by atomic mass is 10.2. The highest BCUT2D eigenvalue weighted by Gasteiger charge is 2.13. The zero-order valence-corrected chi connectivity index (χ0v) is 11.7. The molecule has 5 nitrogen and oxygen atoms in total. The average Bonchev–Trinajstić information content (AvgIpc) is 3.08. The highest BCUT2D eigenvalue weighted by Crippen LogP contribution is 2.11. The molecule has 5 heteroatoms. The largest absolute Gasteiger partial charge is 0.378 e. The SMILES string of the molecule is O=C(C=Cc1ccc(-n2ccnc2)cc1)N1CCOCC1. The van der Waals surface area contributed by atoms with Gasteiger partial charge < -0.3 is 14.2 Å². The fraction of sp³-hybridized carbons (Fsp3) is 0.250. The lowest BCUT2D eigenvalue weighted by Crippen LogP contribution is -2.39. The number of carbonyl (C=O) groups is 1. The molecule has 0 unspecified atom stereocenters. The van der Waals surface area contributed by atoms with E-state index in [9.17, 15) is 4.79 Å². The number of rotatable bonds is 3. The van der Waals surface area contributed by atoms with Gasteiger partial charge in [-0.1, -0.05) is 12.1 Å². The molecule has 0 bridgehead atoms. The summed E-state index contributed by atoms with van der Waals surface area (Å²) < 4.78 is 7.17. The highest BCUT2D eigenvalue weighted by atomic mass is 16.5. The van der Waals surface area contributed by atoms with E-state index < -0.39 is 0 Å². The van der Waals surface area contributed by atoms with Gasteiger partial charge in [0.25, 0.3) is 0 Å². The summed E-state index contributed by atoms with van der Waals surface area (Å²) in [4.78, 5) is 17.8. The Labute approximate surface area is 123 Å². The standard InChI is InChI=1S/C16H17N3O2/c20-16(18-9-11-21-12-10-18)6-3-14-1-4-15(5-2-14)19-8-7-17-13-19/h1-8,13H,9-12H2. The van der Waals surface area contributed by atoms with E-state index in [1.165, 1.54) is 0 Å². The first kappa shape index (κ1) is 13.6. The minimum absolute atomic E-state index is 0.0389. The molecule has 0 aliphatic carbocycles. The average molecular weight is 283 g/mol. The van der Waals surface area contributed by atoms with E-state index in [0.717, 1.165) is 11.3 Å². The van der Waals surface area contributed by atoms with Crippen molar-refractivity contribution in [3.05, 3.63) is 54.6 Å². The van der Waals surface area contributed by atoms with E-state index in [2.05, 4.69) is 4.98 Å². The van der Waals surface area contributed by atoms with Gasteiger partial charge in [0.2, 0.25) is 5.91 Å². The molecular weight excluding hydrogens is 266 g/mol. The molecule has 21 heavy (non-hydrogen) atoms. The first-order chi connectivity index (χ1) is 10.3. The highest BCUT2D eigenvalue weighted by molar-refractivity contribution is 5.91. The quantitative estimate of drug-likeness (QED) is 0.806. The molecule has 0 radical (unpaired) electrons. The maximum Gasteiger partial charge on any atom is 0.246 e. The molecule has 1 amide bonds. The van der Waals surface area contributed by atoms with Crippen LogP contribution in [0.4, 0.5) is 0 Å². The van der Waals surface area contributed by atoms with Crippen LogP contribution >= 0.6 is 0 Å². The molecule has 1 fully saturated rings. The van der Waals surface area contributed by atoms with Crippen LogP contribution < -0.4 is 0 Å². The fourth-order valence-corrected chi connectivity index (χ4v) is 2.23. The number of amides is 1. The van der Waals surface area contributed by atoms with Crippen molar-refractivity contribution in [2.75, 3.05) is 26.3 Å². The van der Waals surface area contributed by atoms with Crippen molar-refractivity contribution >= 4 is 12.0 Å². The molecule has 1 aliphatic rings. The third kappa shape index (κ3) is 3.38. The zero-order valence-electron chi connectivity index (χ0n) is 11.7. The second-order valence-corrected chi connectivity index (χ2v) is 4.83. The first-order valence-corrected chi connectivity index (χ1v) is 6.96. The van der Waals surface area contributed by atoms with Gasteiger partial charge in [-0.3, -0.25) is 4.79 Å². The van der Waals surface area contributed by atoms with Gasteiger partial charge in [-0.2, -0.15) is 0 Å². The summed E-state index contributed by atoms with van der Waals surface area (Å²) in [7, 11) is 0. The summed E-state index contributed by atoms with van der Waals surface area (Å²) in [5.74, 6) is 0.0389. The molecule has 1 saturated heterocycles. The monoisotopic (exact) mass is 283 g/mol. The van der Waals surface area contributed by atoms with E-state index in [0.29, 0.717) is 26.3 Å². The number of imidazole rings is 1. The summed E-state index contributed by atoms with van der Waals surface area (Å²) in [6, 6.07) is 7.97. The number of hydrogen-bond donors (Lipinski definition) is 0. The van der Waals surface area contributed by atoms with Crippen molar-refractivity contribution in [3.63, 3.8) is 0 Å². The summed E-state index contributed by atoms with van der Waals surface area (Å²) in [6.45, 7) is 2.59. The summed E-state index contributed by atoms with van der Waals surface area (Å²) in [5.41, 5.74) is 2.05. The number of nitrogens with zero attached hydrogens (tertiary/aromatic N) is 3. The number of benzene rings is 1. The number of morpholine rings is 1. The van der Waals surface area contributed by atoms with Crippen molar-refractivity contribution < 1.29 is 9.53 Å². The maximum atomic E-state index is 12.0. The van der Waals surface area contributed by atoms with Crippen molar-refractivity contribution in [1.29, 1.82) is 0 Å². The Morgan fingerprint density at radius 3 is 2.62 bits per heavy atom. The molecule has 1 aliphatic heterocycles. The van der Waals surface area contributed by atoms with Crippen LogP contribution in [0.5, 0.6) is 0 Å². The van der Waals surface area contributed by atoms with Crippen LogP contribution in [-0.2, 0) is 9.53 Å². The van der Waals surface area contributed by atoms with Gasteiger partial charge in [0.05, 0.1) is 19.5 Å². The molecule has 3 rings (SSSR count). The van der Waals surface area contributed by atoms with Crippen LogP contribution in [0.2, 0.25) is 0 Å². The first-order valence-electron chi connectivity index (χ1n) is 6.96. The van der Waals surface area contributed by atoms with E-state index in [1.807, 2.05) is 41.1 Å². The van der Waals surface area contributed by atoms with E-state index in [4.69, 9.17) is 4.74 Å². The molecule has 1 aromatic heterocycles. The van der Waals surface area contributed by atoms with E-state index in [-0.39, 0.29) is 5.91 Å². The third-order valence-electron chi connectivity index (χ3n) is 3.44. The van der Waals surface area contributed by atoms with Gasteiger partial charge in [0, 0.05) is 37.2 Å². The van der Waals surface area contributed by atoms with Crippen LogP contribution in [0.3, 0.4) is 0 Å². The number of ether oxygens (including phenoxy) is 1. The van der Waals surface area contributed by atoms with Crippen LogP contribution in [0.1, 0.15) is 5.56 Å². The molecule has 0 saturated carbocycles. The second kappa shape index (κ2) is 6.37. The van der Waals surface area contributed by atoms with Crippen molar-refractivity contribution in [1.82, 2.24) is 14.5 Å². The molecule has 2 aromatic rings. The molecule has 2 heterocycles. The zero-order chi connectivity index (χ0) is 14.5. The smallest absolute Gasteiger partial charge is 0.246 e. The van der Waals surface area contributed by atoms with Gasteiger partial charge in [-0.15, -0.1) is 0 Å². The Balaban J connectivity index is 1.64. The number of carbonyl (C=O) groups excluding carboxylic acids is 1. The molecule has 108 valence electrons. The summed E-state index contributed by atoms with van der Waals surface area (Å²) >= 11 is 0. The molecule has 0 spiro atoms. The van der Waals surface area contributed by atoms with Crippen molar-refractivity contribution in [2.45, 2.75) is 0 Å². The lowest BCUT2D eigenvalue weighted by molar-refractivity contribution is -0.129. The van der Waals surface area contributed by atoms with Crippen LogP contribution in [0.15, 0.2) is 49.1 Å². The predicted octanol–water partition coefficient (Wildman–Crippen LogP) is 1.74. The third-order valence-corrected chi connectivity index (χ3v) is 3.44. The number of hydrogen-bond acceptors (Lipinski definition) is 3. The van der Waals surface area contributed by atoms with Crippen LogP contribution in [-0.4, -0.2) is 46.7 Å². The minimum Gasteiger partial charge on any atom is -0.378 e. The summed E-state index contributed by atoms with van der Waals surface area (Å²) in [6.07, 6.45) is 8.86. The van der Waals surface area contributed by atoms with E-state index >= 15 is 0 Å². The fourth-order valence-electron chi connectivity index (χ4n) is 2.23. The molecule has 0 N–H and O–H groups in total. The molecular formula is C16H17N3O2. The van der Waals surface area contributed by atoms with Gasteiger partial charge in [-0.25, -0.2) is 4.98 Å². The van der Waals surface area contributed by atoms with Crippen LogP contribution in [0, 0.1) is 0 Å². The molecule has 1 aromatic carbocycles. The van der Waals surface area contributed by atoms with Gasteiger partial charge in [0.1, 0.15) is 0 Å². The Hall–Kier alpha value is -2.40. The van der Waals surface area contributed by atoms with Crippen molar-refractivity contribution in [2.24, 2.45) is 0 Å². The topological polar surface area (TPSA) is 47.4 Å². The Morgan fingerprint density at radius 1 is 1.19 bits per heavy atom. The van der Waals surface area contributed by atoms with Gasteiger partial charge in [0.15, 0.2) is 0 Å². The summed E-state index contributed by atoms with van der Waals surface area (Å²) in [5, 5.41) is 0. The van der Waals surface area contributed by atoms with Crippen molar-refractivity contribution in [3.8, 4) is 5.69 Å². The van der Waals surface area contributed by atoms with Gasteiger partial charge >= 0.3 is 0 Å². The number of aromatic nitrogens is 2. The second-order valence-electron chi connectivity index (χ2n) is 4.83.